The van der Waals surface area contributed by atoms with Crippen molar-refractivity contribution in [2.75, 3.05) is 47.5 Å². The van der Waals surface area contributed by atoms with Crippen LogP contribution >= 0.6 is 7.82 Å². The van der Waals surface area contributed by atoms with Gasteiger partial charge < -0.3 is 27.9 Å². The number of phosphoric acid groups is 1. The second kappa shape index (κ2) is 60.3. The Hall–Kier alpha value is -3.33. The van der Waals surface area contributed by atoms with Gasteiger partial charge in [-0.15, -0.1) is 0 Å². The summed E-state index contributed by atoms with van der Waals surface area (Å²) in [5.41, 5.74) is 0. The summed E-state index contributed by atoms with van der Waals surface area (Å²) in [7, 11) is 1.16. The summed E-state index contributed by atoms with van der Waals surface area (Å²) in [6, 6.07) is 0. The van der Waals surface area contributed by atoms with Crippen LogP contribution in [-0.4, -0.2) is 70.0 Å². The monoisotopic (exact) mass is 1140 g/mol. The second-order valence-electron chi connectivity index (χ2n) is 22.7. The number of carbonyl (C=O) groups excluding carboxylic acids is 2. The lowest BCUT2D eigenvalue weighted by Gasteiger charge is -2.28. The third kappa shape index (κ3) is 63.8. The number of unbranched alkanes of at least 4 members (excludes halogenated alkanes) is 27. The Morgan fingerprint density at radius 2 is 0.713 bits per heavy atom. The van der Waals surface area contributed by atoms with E-state index < -0.39 is 32.5 Å². The Labute approximate surface area is 493 Å². The maximum atomic E-state index is 12.8. The molecular weight excluding hydrogens is 1010 g/mol. The van der Waals surface area contributed by atoms with Gasteiger partial charge in [0.15, 0.2) is 6.10 Å². The molecule has 0 spiro atoms. The van der Waals surface area contributed by atoms with Gasteiger partial charge in [0.05, 0.1) is 27.7 Å². The van der Waals surface area contributed by atoms with Crippen molar-refractivity contribution in [1.82, 2.24) is 0 Å². The Kier molecular flexibility index (Phi) is 57.8. The lowest BCUT2D eigenvalue weighted by atomic mass is 10.0. The molecule has 0 fully saturated rings. The van der Waals surface area contributed by atoms with E-state index in [-0.39, 0.29) is 26.1 Å². The van der Waals surface area contributed by atoms with Crippen molar-refractivity contribution in [3.63, 3.8) is 0 Å². The van der Waals surface area contributed by atoms with Crippen LogP contribution in [0, 0.1) is 0 Å². The summed E-state index contributed by atoms with van der Waals surface area (Å²) in [4.78, 5) is 37.9. The molecule has 0 radical (unpaired) electrons. The fourth-order valence-corrected chi connectivity index (χ4v) is 9.51. The van der Waals surface area contributed by atoms with E-state index in [0.717, 1.165) is 103 Å². The summed E-state index contributed by atoms with van der Waals surface area (Å²) in [5.74, 6) is -0.846. The van der Waals surface area contributed by atoms with E-state index >= 15 is 0 Å². The van der Waals surface area contributed by atoms with E-state index in [4.69, 9.17) is 18.5 Å². The third-order valence-corrected chi connectivity index (χ3v) is 14.7. The van der Waals surface area contributed by atoms with Crippen molar-refractivity contribution in [2.24, 2.45) is 0 Å². The Balaban J connectivity index is 3.96. The van der Waals surface area contributed by atoms with Gasteiger partial charge in [-0.2, -0.15) is 0 Å². The highest BCUT2D eigenvalue weighted by atomic mass is 31.2. The second-order valence-corrected chi connectivity index (χ2v) is 24.2. The van der Waals surface area contributed by atoms with Crippen LogP contribution in [0.4, 0.5) is 0 Å². The first-order valence-electron chi connectivity index (χ1n) is 32.6. The molecule has 0 amide bonds. The lowest BCUT2D eigenvalue weighted by Crippen LogP contribution is -2.37. The van der Waals surface area contributed by atoms with E-state index in [1.165, 1.54) is 128 Å². The van der Waals surface area contributed by atoms with Gasteiger partial charge in [0.1, 0.15) is 19.8 Å². The van der Waals surface area contributed by atoms with E-state index in [1.807, 2.05) is 21.1 Å². The van der Waals surface area contributed by atoms with Gasteiger partial charge in [-0.25, -0.2) is 0 Å². The van der Waals surface area contributed by atoms with Crippen molar-refractivity contribution < 1.29 is 42.1 Å². The first-order chi connectivity index (χ1) is 39.0. The molecule has 0 aromatic carbocycles. The number of nitrogens with zero attached hydrogens (tertiary/aromatic N) is 1. The van der Waals surface area contributed by atoms with E-state index in [0.29, 0.717) is 23.9 Å². The number of esters is 2. The molecule has 460 valence electrons. The minimum atomic E-state index is -4.64. The highest BCUT2D eigenvalue weighted by molar-refractivity contribution is 7.45. The van der Waals surface area contributed by atoms with Crippen molar-refractivity contribution in [1.29, 1.82) is 0 Å². The zero-order valence-electron chi connectivity index (χ0n) is 52.2. The predicted molar refractivity (Wildman–Crippen MR) is 342 cm³/mol. The number of carbonyl (C=O) groups is 2. The van der Waals surface area contributed by atoms with Crippen molar-refractivity contribution in [3.8, 4) is 0 Å². The molecule has 9 nitrogen and oxygen atoms in total. The van der Waals surface area contributed by atoms with Crippen LogP contribution in [0.15, 0.2) is 109 Å². The van der Waals surface area contributed by atoms with E-state index in [1.54, 1.807) is 0 Å². The van der Waals surface area contributed by atoms with Crippen LogP contribution in [0.2, 0.25) is 0 Å². The molecule has 2 unspecified atom stereocenters. The number of allylic oxidation sites excluding steroid dienone is 18. The zero-order chi connectivity index (χ0) is 58.4. The van der Waals surface area contributed by atoms with Crippen LogP contribution in [0.1, 0.15) is 271 Å². The highest BCUT2D eigenvalue weighted by Gasteiger charge is 2.22. The van der Waals surface area contributed by atoms with Crippen molar-refractivity contribution in [2.45, 2.75) is 277 Å². The Bertz CT molecular complexity index is 1720. The number of ether oxygens (including phenoxy) is 2. The molecule has 0 heterocycles. The molecule has 0 N–H and O–H groups in total. The molecule has 0 saturated heterocycles. The molecule has 0 rings (SSSR count). The van der Waals surface area contributed by atoms with Crippen LogP contribution in [0.5, 0.6) is 0 Å². The molecule has 0 aromatic rings. The van der Waals surface area contributed by atoms with Crippen LogP contribution in [-0.2, 0) is 32.7 Å². The smallest absolute Gasteiger partial charge is 0.306 e. The molecule has 2 atom stereocenters. The summed E-state index contributed by atoms with van der Waals surface area (Å²) in [6.07, 6.45) is 84.5. The molecule has 0 bridgehead atoms. The minimum Gasteiger partial charge on any atom is -0.756 e. The molecule has 0 aliphatic carbocycles. The lowest BCUT2D eigenvalue weighted by molar-refractivity contribution is -0.870. The summed E-state index contributed by atoms with van der Waals surface area (Å²) >= 11 is 0. The van der Waals surface area contributed by atoms with Crippen molar-refractivity contribution in [3.05, 3.63) is 109 Å². The standard InChI is InChI=1S/C70H122NO8P/c1-6-8-10-12-14-16-18-20-22-23-24-25-26-27-28-29-30-31-32-33-34-35-36-37-38-39-40-41-42-43-44-45-46-47-49-51-53-55-57-59-61-63-70(73)79-68(67-78-80(74,75)77-65-64-71(3,4)5)66-76-69(72)62-60-58-56-54-52-50-48-21-19-17-15-13-11-9-7-2/h8,10,14-17,20-22,24-25,27-28,30-31,33-34,48,68H,6-7,9,11-13,18-19,23,26,29,32,35-47,49-67H2,1-5H3/b10-8-,16-14-,17-15-,22-20-,25-24-,28-27-,31-30-,34-33-,48-21-. The highest BCUT2D eigenvalue weighted by Crippen LogP contribution is 2.38. The average molecular weight is 1140 g/mol. The molecule has 80 heavy (non-hydrogen) atoms. The topological polar surface area (TPSA) is 111 Å². The zero-order valence-corrected chi connectivity index (χ0v) is 53.1. The molecule has 0 aliphatic rings. The third-order valence-electron chi connectivity index (χ3n) is 13.8. The van der Waals surface area contributed by atoms with Gasteiger partial charge >= 0.3 is 11.9 Å². The maximum Gasteiger partial charge on any atom is 0.306 e. The molecule has 0 aliphatic heterocycles. The molecule has 10 heteroatoms. The number of hydrogen-bond donors (Lipinski definition) is 0. The van der Waals surface area contributed by atoms with Crippen LogP contribution < -0.4 is 4.89 Å². The number of rotatable bonds is 59. The van der Waals surface area contributed by atoms with Crippen LogP contribution in [0.3, 0.4) is 0 Å². The van der Waals surface area contributed by atoms with Gasteiger partial charge in [0.2, 0.25) is 0 Å². The molecule has 0 saturated carbocycles. The SMILES string of the molecule is CC/C=C\C/C=C\C/C=C\C/C=C\C/C=C\C/C=C\C/C=C\CCCCCCCCCCCCCCCCCCCCCC(=O)OC(COC(=O)CCCCCCC/C=C\C/C=C\CCCCC)COP(=O)([O-])OCC[N+](C)(C)C. The first kappa shape index (κ1) is 76.7. The normalized spacial score (nSPS) is 13.9. The fourth-order valence-electron chi connectivity index (χ4n) is 8.79. The summed E-state index contributed by atoms with van der Waals surface area (Å²) < 4.78 is 34.2. The average Bonchev–Trinajstić information content (AvgIpc) is 3.42. The van der Waals surface area contributed by atoms with Gasteiger partial charge in [0.25, 0.3) is 7.82 Å². The number of hydrogen-bond acceptors (Lipinski definition) is 8. The fraction of sp³-hybridized carbons (Fsp3) is 0.714. The van der Waals surface area contributed by atoms with Gasteiger partial charge in [-0.3, -0.25) is 14.2 Å². The van der Waals surface area contributed by atoms with Gasteiger partial charge in [0, 0.05) is 12.8 Å². The van der Waals surface area contributed by atoms with Gasteiger partial charge in [-0.05, 0) is 103 Å². The minimum absolute atomic E-state index is 0.0355. The van der Waals surface area contributed by atoms with Crippen molar-refractivity contribution >= 4 is 19.8 Å². The number of phosphoric ester groups is 1. The first-order valence-corrected chi connectivity index (χ1v) is 34.1. The summed E-state index contributed by atoms with van der Waals surface area (Å²) in [5, 5.41) is 0. The summed E-state index contributed by atoms with van der Waals surface area (Å²) in [6.45, 7) is 4.09. The predicted octanol–water partition coefficient (Wildman–Crippen LogP) is 20.3. The maximum absolute atomic E-state index is 12.8. The van der Waals surface area contributed by atoms with E-state index in [9.17, 15) is 19.0 Å². The number of likely N-dealkylation sites (N-methyl/N-ethyl adjacent to an activating group) is 1. The molecule has 0 aromatic heterocycles. The number of quaternary nitrogens is 1. The Morgan fingerprint density at radius 1 is 0.400 bits per heavy atom. The van der Waals surface area contributed by atoms with Gasteiger partial charge in [-0.1, -0.05) is 264 Å². The van der Waals surface area contributed by atoms with Crippen LogP contribution in [0.25, 0.3) is 0 Å². The van der Waals surface area contributed by atoms with E-state index in [2.05, 4.69) is 123 Å². The quantitative estimate of drug-likeness (QED) is 0.0195. The Morgan fingerprint density at radius 3 is 1.06 bits per heavy atom. The largest absolute Gasteiger partial charge is 0.756 e. The molecular formula is C70H122NO8P.